The Morgan fingerprint density at radius 1 is 1.17 bits per heavy atom. The molecule has 0 saturated heterocycles. The van der Waals surface area contributed by atoms with Gasteiger partial charge in [-0.25, -0.2) is 4.68 Å². The number of hydrogen-bond acceptors (Lipinski definition) is 5. The van der Waals surface area contributed by atoms with Gasteiger partial charge in [0.2, 0.25) is 5.95 Å². The van der Waals surface area contributed by atoms with Crippen molar-refractivity contribution in [2.75, 3.05) is 32.2 Å². The number of aromatic nitrogens is 3. The number of ether oxygens (including phenoxy) is 2. The minimum absolute atomic E-state index is 0. The van der Waals surface area contributed by atoms with Gasteiger partial charge in [0.1, 0.15) is 11.6 Å². The molecule has 0 aliphatic heterocycles. The molecule has 1 heterocycles. The number of methoxy groups -OCH3 is 2. The standard InChI is InChI=1S/C27H35ClN4O2.ClH/c1-6-13-31(16-23(20-11-12-20)22-10-8-7-9-21(22)17-33-4)27-29-19(3)32(30-27)25-14-18(2)26(34-5)15-24(25)28;/h7-10,14-15,20,23H,6,11-13,16-17H2,1-5H3;1H. The van der Waals surface area contributed by atoms with Crippen LogP contribution >= 0.6 is 24.0 Å². The lowest BCUT2D eigenvalue weighted by Crippen LogP contribution is -2.31. The van der Waals surface area contributed by atoms with E-state index in [0.29, 0.717) is 23.5 Å². The molecule has 8 heteroatoms. The van der Waals surface area contributed by atoms with Crippen LogP contribution in [0.25, 0.3) is 5.69 Å². The fraction of sp³-hybridized carbons (Fsp3) is 0.481. The van der Waals surface area contributed by atoms with E-state index in [-0.39, 0.29) is 12.4 Å². The Balaban J connectivity index is 0.00000342. The first-order valence-corrected chi connectivity index (χ1v) is 12.4. The molecule has 2 aromatic carbocycles. The molecule has 0 amide bonds. The second-order valence-electron chi connectivity index (χ2n) is 9.17. The van der Waals surface area contributed by atoms with Crippen molar-refractivity contribution in [3.63, 3.8) is 0 Å². The van der Waals surface area contributed by atoms with E-state index < -0.39 is 0 Å². The van der Waals surface area contributed by atoms with E-state index in [0.717, 1.165) is 48.3 Å². The van der Waals surface area contributed by atoms with Crippen LogP contribution in [0, 0.1) is 19.8 Å². The summed E-state index contributed by atoms with van der Waals surface area (Å²) in [6.07, 6.45) is 3.56. The molecule has 6 nitrogen and oxygen atoms in total. The largest absolute Gasteiger partial charge is 0.496 e. The first kappa shape index (κ1) is 27.3. The Morgan fingerprint density at radius 2 is 1.91 bits per heavy atom. The zero-order valence-corrected chi connectivity index (χ0v) is 22.8. The molecule has 4 rings (SSSR count). The van der Waals surface area contributed by atoms with Crippen LogP contribution < -0.4 is 9.64 Å². The fourth-order valence-electron chi connectivity index (χ4n) is 4.73. The zero-order valence-electron chi connectivity index (χ0n) is 21.3. The molecule has 1 saturated carbocycles. The number of aryl methyl sites for hydroxylation is 2. The van der Waals surface area contributed by atoms with Gasteiger partial charge in [-0.2, -0.15) is 4.98 Å². The van der Waals surface area contributed by atoms with Gasteiger partial charge < -0.3 is 14.4 Å². The predicted octanol–water partition coefficient (Wildman–Crippen LogP) is 6.52. The molecule has 1 aromatic heterocycles. The van der Waals surface area contributed by atoms with Crippen molar-refractivity contribution < 1.29 is 9.47 Å². The average Bonchev–Trinajstić information content (AvgIpc) is 3.60. The molecule has 1 fully saturated rings. The average molecular weight is 520 g/mol. The van der Waals surface area contributed by atoms with E-state index in [4.69, 9.17) is 31.2 Å². The van der Waals surface area contributed by atoms with Gasteiger partial charge in [-0.3, -0.25) is 0 Å². The van der Waals surface area contributed by atoms with Crippen LogP contribution in [0.5, 0.6) is 5.75 Å². The minimum atomic E-state index is 0. The van der Waals surface area contributed by atoms with Crippen LogP contribution in [0.2, 0.25) is 5.02 Å². The first-order chi connectivity index (χ1) is 16.5. The maximum atomic E-state index is 6.60. The molecule has 1 unspecified atom stereocenters. The van der Waals surface area contributed by atoms with Crippen molar-refractivity contribution in [3.05, 3.63) is 63.9 Å². The second kappa shape index (κ2) is 12.1. The van der Waals surface area contributed by atoms with Gasteiger partial charge in [-0.05, 0) is 61.8 Å². The van der Waals surface area contributed by atoms with Crippen LogP contribution in [0.4, 0.5) is 5.95 Å². The number of benzene rings is 2. The fourth-order valence-corrected chi connectivity index (χ4v) is 4.97. The lowest BCUT2D eigenvalue weighted by molar-refractivity contribution is 0.183. The van der Waals surface area contributed by atoms with Crippen molar-refractivity contribution >= 4 is 30.0 Å². The highest BCUT2D eigenvalue weighted by Crippen LogP contribution is 2.44. The smallest absolute Gasteiger partial charge is 0.245 e. The zero-order chi connectivity index (χ0) is 24.2. The molecule has 190 valence electrons. The monoisotopic (exact) mass is 518 g/mol. The number of anilines is 1. The summed E-state index contributed by atoms with van der Waals surface area (Å²) in [6.45, 7) is 8.60. The Kier molecular flexibility index (Phi) is 9.45. The van der Waals surface area contributed by atoms with Crippen molar-refractivity contribution in [2.45, 2.75) is 52.6 Å². The van der Waals surface area contributed by atoms with Gasteiger partial charge in [-0.15, -0.1) is 17.5 Å². The molecular weight excluding hydrogens is 483 g/mol. The number of nitrogens with zero attached hydrogens (tertiary/aromatic N) is 4. The highest BCUT2D eigenvalue weighted by Gasteiger charge is 2.35. The molecule has 1 aliphatic carbocycles. The summed E-state index contributed by atoms with van der Waals surface area (Å²) in [5.74, 6) is 3.45. The van der Waals surface area contributed by atoms with Crippen molar-refractivity contribution in [3.8, 4) is 11.4 Å². The molecule has 0 radical (unpaired) electrons. The summed E-state index contributed by atoms with van der Waals surface area (Å²) in [4.78, 5) is 7.20. The lowest BCUT2D eigenvalue weighted by atomic mass is 9.90. The van der Waals surface area contributed by atoms with Crippen molar-refractivity contribution in [1.82, 2.24) is 14.8 Å². The van der Waals surface area contributed by atoms with E-state index in [1.807, 2.05) is 30.7 Å². The Labute approximate surface area is 220 Å². The van der Waals surface area contributed by atoms with Crippen LogP contribution in [0.15, 0.2) is 36.4 Å². The predicted molar refractivity (Wildman–Crippen MR) is 145 cm³/mol. The van der Waals surface area contributed by atoms with Crippen molar-refractivity contribution in [1.29, 1.82) is 0 Å². The highest BCUT2D eigenvalue weighted by atomic mass is 35.5. The van der Waals surface area contributed by atoms with E-state index >= 15 is 0 Å². The van der Waals surface area contributed by atoms with E-state index in [9.17, 15) is 0 Å². The summed E-state index contributed by atoms with van der Waals surface area (Å²) < 4.78 is 12.8. The molecule has 0 bridgehead atoms. The minimum Gasteiger partial charge on any atom is -0.496 e. The summed E-state index contributed by atoms with van der Waals surface area (Å²) in [5.41, 5.74) is 4.48. The van der Waals surface area contributed by atoms with Gasteiger partial charge in [-0.1, -0.05) is 42.8 Å². The summed E-state index contributed by atoms with van der Waals surface area (Å²) >= 11 is 6.60. The lowest BCUT2D eigenvalue weighted by Gasteiger charge is -2.28. The van der Waals surface area contributed by atoms with Gasteiger partial charge in [0.05, 0.1) is 24.4 Å². The third-order valence-corrected chi connectivity index (χ3v) is 6.89. The van der Waals surface area contributed by atoms with E-state index in [1.165, 1.54) is 24.0 Å². The van der Waals surface area contributed by atoms with E-state index in [1.54, 1.807) is 14.2 Å². The molecule has 35 heavy (non-hydrogen) atoms. The van der Waals surface area contributed by atoms with E-state index in [2.05, 4.69) is 36.1 Å². The van der Waals surface area contributed by atoms with Crippen LogP contribution in [0.1, 0.15) is 54.6 Å². The summed E-state index contributed by atoms with van der Waals surface area (Å²) in [5, 5.41) is 5.51. The van der Waals surface area contributed by atoms with Gasteiger partial charge in [0, 0.05) is 32.2 Å². The maximum Gasteiger partial charge on any atom is 0.245 e. The Morgan fingerprint density at radius 3 is 2.57 bits per heavy atom. The van der Waals surface area contributed by atoms with Gasteiger partial charge in [0.15, 0.2) is 0 Å². The quantitative estimate of drug-likeness (QED) is 0.289. The van der Waals surface area contributed by atoms with Crippen LogP contribution in [-0.2, 0) is 11.3 Å². The Hall–Kier alpha value is -2.28. The van der Waals surface area contributed by atoms with Gasteiger partial charge in [0.25, 0.3) is 0 Å². The molecule has 0 N–H and O–H groups in total. The van der Waals surface area contributed by atoms with Crippen LogP contribution in [-0.4, -0.2) is 42.1 Å². The Bertz CT molecular complexity index is 1130. The number of halogens is 2. The second-order valence-corrected chi connectivity index (χ2v) is 9.57. The SMILES string of the molecule is CCCN(CC(c1ccccc1COC)C1CC1)c1nc(C)n(-c2cc(C)c(OC)cc2Cl)n1.Cl. The first-order valence-electron chi connectivity index (χ1n) is 12.1. The third-order valence-electron chi connectivity index (χ3n) is 6.59. The van der Waals surface area contributed by atoms with Crippen molar-refractivity contribution in [2.24, 2.45) is 5.92 Å². The molecule has 1 aliphatic rings. The number of rotatable bonds is 11. The molecule has 3 aromatic rings. The third kappa shape index (κ3) is 6.11. The maximum absolute atomic E-state index is 6.60. The normalized spacial score (nSPS) is 13.9. The van der Waals surface area contributed by atoms with Gasteiger partial charge >= 0.3 is 0 Å². The highest BCUT2D eigenvalue weighted by molar-refractivity contribution is 6.32. The molecular formula is C27H36Cl2N4O2. The summed E-state index contributed by atoms with van der Waals surface area (Å²) in [6, 6.07) is 12.5. The summed E-state index contributed by atoms with van der Waals surface area (Å²) in [7, 11) is 3.42. The topological polar surface area (TPSA) is 52.4 Å². The molecule has 0 spiro atoms. The number of hydrogen-bond donors (Lipinski definition) is 0. The van der Waals surface area contributed by atoms with Crippen LogP contribution in [0.3, 0.4) is 0 Å². The molecule has 1 atom stereocenters.